The molecule has 0 saturated carbocycles. The summed E-state index contributed by atoms with van der Waals surface area (Å²) in [4.78, 5) is 12.3. The molecule has 142 valence electrons. The van der Waals surface area contributed by atoms with Crippen molar-refractivity contribution in [1.82, 2.24) is 14.9 Å². The molecule has 1 unspecified atom stereocenters. The number of hydrogen-bond donors (Lipinski definition) is 2. The van der Waals surface area contributed by atoms with Crippen LogP contribution in [0.1, 0.15) is 12.5 Å². The molecule has 11 heteroatoms. The van der Waals surface area contributed by atoms with Crippen molar-refractivity contribution in [3.63, 3.8) is 0 Å². The number of amides is 1. The van der Waals surface area contributed by atoms with Gasteiger partial charge in [0, 0.05) is 5.69 Å². The van der Waals surface area contributed by atoms with E-state index in [4.69, 9.17) is 10.3 Å². The average molecular weight is 397 g/mol. The van der Waals surface area contributed by atoms with Crippen LogP contribution < -0.4 is 11.2 Å². The van der Waals surface area contributed by atoms with Gasteiger partial charge in [0.15, 0.2) is 5.76 Å². The van der Waals surface area contributed by atoms with Gasteiger partial charge in [-0.05, 0) is 43.3 Å². The highest BCUT2D eigenvalue weighted by Crippen LogP contribution is 2.30. The summed E-state index contributed by atoms with van der Waals surface area (Å²) in [6, 6.07) is 7.54. The van der Waals surface area contributed by atoms with E-state index < -0.39 is 22.9 Å². The number of halogens is 3. The SMILES string of the molecule is CC(Sc1nnc(-c2ccco2)n1N)C(=O)Nc1ccc(C(F)(F)F)cc1. The number of carbonyl (C=O) groups is 1. The van der Waals surface area contributed by atoms with Crippen LogP contribution >= 0.6 is 11.8 Å². The Morgan fingerprint density at radius 2 is 1.96 bits per heavy atom. The van der Waals surface area contributed by atoms with E-state index in [1.807, 2.05) is 0 Å². The van der Waals surface area contributed by atoms with Gasteiger partial charge in [0.2, 0.25) is 16.9 Å². The van der Waals surface area contributed by atoms with Crippen molar-refractivity contribution in [3.05, 3.63) is 48.2 Å². The van der Waals surface area contributed by atoms with Crippen molar-refractivity contribution in [2.45, 2.75) is 23.5 Å². The molecule has 0 spiro atoms. The van der Waals surface area contributed by atoms with Gasteiger partial charge in [-0.25, -0.2) is 4.68 Å². The first-order valence-corrected chi connectivity index (χ1v) is 8.53. The highest BCUT2D eigenvalue weighted by Gasteiger charge is 2.30. The predicted molar refractivity (Wildman–Crippen MR) is 93.3 cm³/mol. The lowest BCUT2D eigenvalue weighted by Crippen LogP contribution is -2.23. The topological polar surface area (TPSA) is 99.0 Å². The second-order valence-electron chi connectivity index (χ2n) is 5.48. The molecule has 1 atom stereocenters. The van der Waals surface area contributed by atoms with Crippen LogP contribution in [0.25, 0.3) is 11.6 Å². The summed E-state index contributed by atoms with van der Waals surface area (Å²) in [6.07, 6.45) is -2.96. The zero-order valence-corrected chi connectivity index (χ0v) is 14.7. The maximum Gasteiger partial charge on any atom is 0.416 e. The number of nitrogen functional groups attached to an aromatic ring is 1. The first-order valence-electron chi connectivity index (χ1n) is 7.65. The van der Waals surface area contributed by atoms with E-state index in [0.717, 1.165) is 23.9 Å². The van der Waals surface area contributed by atoms with Crippen LogP contribution in [0.15, 0.2) is 52.2 Å². The van der Waals surface area contributed by atoms with Crippen LogP contribution in [-0.4, -0.2) is 26.0 Å². The van der Waals surface area contributed by atoms with E-state index in [2.05, 4.69) is 15.5 Å². The predicted octanol–water partition coefficient (Wildman–Crippen LogP) is 3.39. The molecule has 1 amide bonds. The summed E-state index contributed by atoms with van der Waals surface area (Å²) in [5.74, 6) is 6.24. The number of alkyl halides is 3. The first-order chi connectivity index (χ1) is 12.8. The number of rotatable bonds is 5. The van der Waals surface area contributed by atoms with E-state index in [9.17, 15) is 18.0 Å². The largest absolute Gasteiger partial charge is 0.461 e. The molecule has 7 nitrogen and oxygen atoms in total. The van der Waals surface area contributed by atoms with Gasteiger partial charge >= 0.3 is 6.18 Å². The third-order valence-corrected chi connectivity index (χ3v) is 4.59. The number of benzene rings is 1. The average Bonchev–Trinajstić information content (AvgIpc) is 3.25. The quantitative estimate of drug-likeness (QED) is 0.506. The second kappa shape index (κ2) is 7.35. The van der Waals surface area contributed by atoms with Crippen molar-refractivity contribution in [2.24, 2.45) is 0 Å². The highest BCUT2D eigenvalue weighted by atomic mass is 32.2. The van der Waals surface area contributed by atoms with Gasteiger partial charge in [0.05, 0.1) is 17.1 Å². The number of thioether (sulfide) groups is 1. The Balaban J connectivity index is 1.64. The zero-order chi connectivity index (χ0) is 19.6. The number of hydrogen-bond acceptors (Lipinski definition) is 6. The van der Waals surface area contributed by atoms with Crippen molar-refractivity contribution < 1.29 is 22.4 Å². The van der Waals surface area contributed by atoms with Crippen LogP contribution in [0.3, 0.4) is 0 Å². The molecule has 27 heavy (non-hydrogen) atoms. The van der Waals surface area contributed by atoms with Gasteiger partial charge in [-0.1, -0.05) is 11.8 Å². The van der Waals surface area contributed by atoms with Gasteiger partial charge in [-0.2, -0.15) is 13.2 Å². The van der Waals surface area contributed by atoms with E-state index in [1.54, 1.807) is 19.1 Å². The summed E-state index contributed by atoms with van der Waals surface area (Å²) >= 11 is 1.05. The standard InChI is InChI=1S/C16H14F3N5O2S/c1-9(14(25)21-11-6-4-10(5-7-11)16(17,18)19)27-15-23-22-13(24(15)20)12-3-2-8-26-12/h2-9H,20H2,1H3,(H,21,25). The zero-order valence-electron chi connectivity index (χ0n) is 13.9. The summed E-state index contributed by atoms with van der Waals surface area (Å²) in [6.45, 7) is 1.62. The molecule has 2 heterocycles. The van der Waals surface area contributed by atoms with Gasteiger partial charge in [0.25, 0.3) is 0 Å². The van der Waals surface area contributed by atoms with Crippen LogP contribution in [0, 0.1) is 0 Å². The van der Waals surface area contributed by atoms with Crippen LogP contribution in [0.4, 0.5) is 18.9 Å². The molecule has 3 rings (SSSR count). The Hall–Kier alpha value is -2.95. The van der Waals surface area contributed by atoms with E-state index >= 15 is 0 Å². The summed E-state index contributed by atoms with van der Waals surface area (Å²) in [5, 5.41) is 10.1. The number of furan rings is 1. The molecule has 0 aliphatic rings. The molecule has 0 saturated heterocycles. The Morgan fingerprint density at radius 3 is 2.56 bits per heavy atom. The van der Waals surface area contributed by atoms with Gasteiger partial charge < -0.3 is 15.6 Å². The van der Waals surface area contributed by atoms with Crippen LogP contribution in [0.2, 0.25) is 0 Å². The Kier molecular flexibility index (Phi) is 5.13. The third-order valence-electron chi connectivity index (χ3n) is 3.54. The molecule has 0 fully saturated rings. The van der Waals surface area contributed by atoms with Crippen molar-refractivity contribution >= 4 is 23.4 Å². The van der Waals surface area contributed by atoms with Crippen molar-refractivity contribution in [3.8, 4) is 11.6 Å². The normalized spacial score (nSPS) is 12.7. The van der Waals surface area contributed by atoms with E-state index in [0.29, 0.717) is 11.6 Å². The minimum Gasteiger partial charge on any atom is -0.461 e. The maximum atomic E-state index is 12.6. The fourth-order valence-corrected chi connectivity index (χ4v) is 2.90. The summed E-state index contributed by atoms with van der Waals surface area (Å²) in [5.41, 5.74) is -0.532. The Morgan fingerprint density at radius 1 is 1.26 bits per heavy atom. The molecule has 3 N–H and O–H groups in total. The van der Waals surface area contributed by atoms with E-state index in [1.165, 1.54) is 23.1 Å². The molecule has 0 bridgehead atoms. The van der Waals surface area contributed by atoms with Crippen LogP contribution in [-0.2, 0) is 11.0 Å². The van der Waals surface area contributed by atoms with E-state index in [-0.39, 0.29) is 10.8 Å². The molecule has 2 aromatic heterocycles. The highest BCUT2D eigenvalue weighted by molar-refractivity contribution is 8.00. The Labute approximate surface area is 155 Å². The summed E-state index contributed by atoms with van der Waals surface area (Å²) < 4.78 is 44.1. The number of nitrogens with two attached hydrogens (primary N) is 1. The third kappa shape index (κ3) is 4.25. The van der Waals surface area contributed by atoms with Gasteiger partial charge in [-0.15, -0.1) is 10.2 Å². The smallest absolute Gasteiger partial charge is 0.416 e. The molecular weight excluding hydrogens is 383 g/mol. The molecule has 0 radical (unpaired) electrons. The minimum atomic E-state index is -4.43. The fraction of sp³-hybridized carbons (Fsp3) is 0.188. The number of carbonyl (C=O) groups excluding carboxylic acids is 1. The lowest BCUT2D eigenvalue weighted by molar-refractivity contribution is -0.137. The molecule has 0 aliphatic carbocycles. The molecule has 0 aliphatic heterocycles. The van der Waals surface area contributed by atoms with Crippen LogP contribution in [0.5, 0.6) is 0 Å². The minimum absolute atomic E-state index is 0.255. The van der Waals surface area contributed by atoms with Crippen molar-refractivity contribution in [1.29, 1.82) is 0 Å². The van der Waals surface area contributed by atoms with Gasteiger partial charge in [-0.3, -0.25) is 4.79 Å². The first kappa shape index (κ1) is 18.8. The maximum absolute atomic E-state index is 12.6. The number of nitrogens with zero attached hydrogens (tertiary/aromatic N) is 3. The number of aromatic nitrogens is 3. The lowest BCUT2D eigenvalue weighted by Gasteiger charge is -2.12. The second-order valence-corrected chi connectivity index (χ2v) is 6.79. The fourth-order valence-electron chi connectivity index (χ4n) is 2.13. The monoisotopic (exact) mass is 397 g/mol. The lowest BCUT2D eigenvalue weighted by atomic mass is 10.2. The summed E-state index contributed by atoms with van der Waals surface area (Å²) in [7, 11) is 0. The Bertz CT molecular complexity index is 923. The molecule has 1 aromatic carbocycles. The van der Waals surface area contributed by atoms with Gasteiger partial charge in [0.1, 0.15) is 0 Å². The molecular formula is C16H14F3N5O2S. The number of anilines is 1. The number of nitrogens with one attached hydrogen (secondary N) is 1. The molecule has 3 aromatic rings. The van der Waals surface area contributed by atoms with Crippen molar-refractivity contribution in [2.75, 3.05) is 11.2 Å².